The number of hydrogen-bond donors (Lipinski definition) is 1. The number of benzene rings is 2. The third kappa shape index (κ3) is 4.60. The average Bonchev–Trinajstić information content (AvgIpc) is 3.16. The van der Waals surface area contributed by atoms with Crippen LogP contribution in [0.4, 0.5) is 11.4 Å². The molecule has 8 heteroatoms. The number of nitrogens with zero attached hydrogens (tertiary/aromatic N) is 2. The summed E-state index contributed by atoms with van der Waals surface area (Å²) in [4.78, 5) is 30.6. The van der Waals surface area contributed by atoms with Gasteiger partial charge >= 0.3 is 5.97 Å². The lowest BCUT2D eigenvalue weighted by molar-refractivity contribution is 0.0526. The summed E-state index contributed by atoms with van der Waals surface area (Å²) < 4.78 is 6.11. The monoisotopic (exact) mass is 471 g/mol. The first-order valence-corrected chi connectivity index (χ1v) is 12.0. The van der Waals surface area contributed by atoms with Crippen LogP contribution in [0, 0.1) is 0 Å². The molecule has 0 saturated carbocycles. The fourth-order valence-electron chi connectivity index (χ4n) is 3.90. The van der Waals surface area contributed by atoms with Crippen molar-refractivity contribution in [3.8, 4) is 0 Å². The quantitative estimate of drug-likeness (QED) is 0.505. The average molecular weight is 472 g/mol. The van der Waals surface area contributed by atoms with Gasteiger partial charge in [0, 0.05) is 36.3 Å². The Morgan fingerprint density at radius 1 is 1.09 bits per heavy atom. The van der Waals surface area contributed by atoms with Crippen molar-refractivity contribution in [3.63, 3.8) is 0 Å². The molecule has 2 aromatic carbocycles. The first-order valence-electron chi connectivity index (χ1n) is 10.8. The van der Waals surface area contributed by atoms with Crippen molar-refractivity contribution in [3.05, 3.63) is 57.9 Å². The van der Waals surface area contributed by atoms with Crippen LogP contribution in [-0.4, -0.2) is 56.1 Å². The molecule has 0 radical (unpaired) electrons. The maximum atomic E-state index is 13.2. The van der Waals surface area contributed by atoms with Crippen LogP contribution < -0.4 is 10.2 Å². The minimum Gasteiger partial charge on any atom is -0.462 e. The minimum atomic E-state index is -0.412. The molecule has 2 heterocycles. The standard InChI is InChI=1S/C24H26ClN3O3S/c1-3-27-11-13-28(14-12-27)19-10-9-16(24(30)31-4-2)15-18(19)26-23(29)22-21(25)17-7-5-6-8-20(17)32-22/h5-10,15H,3-4,11-14H2,1-2H3,(H,26,29). The van der Waals surface area contributed by atoms with Gasteiger partial charge in [-0.15, -0.1) is 11.3 Å². The number of esters is 1. The molecule has 0 bridgehead atoms. The van der Waals surface area contributed by atoms with Crippen molar-refractivity contribution in [2.24, 2.45) is 0 Å². The second-order valence-corrected chi connectivity index (χ2v) is 9.00. The maximum absolute atomic E-state index is 13.2. The highest BCUT2D eigenvalue weighted by molar-refractivity contribution is 7.21. The van der Waals surface area contributed by atoms with Crippen LogP contribution in [0.3, 0.4) is 0 Å². The third-order valence-corrected chi connectivity index (χ3v) is 7.33. The van der Waals surface area contributed by atoms with E-state index in [1.165, 1.54) is 11.3 Å². The number of fused-ring (bicyclic) bond motifs is 1. The molecule has 6 nitrogen and oxygen atoms in total. The van der Waals surface area contributed by atoms with Crippen molar-refractivity contribution in [1.82, 2.24) is 4.90 Å². The topological polar surface area (TPSA) is 61.9 Å². The summed E-state index contributed by atoms with van der Waals surface area (Å²) in [7, 11) is 0. The van der Waals surface area contributed by atoms with Gasteiger partial charge in [0.25, 0.3) is 5.91 Å². The first kappa shape index (κ1) is 22.6. The molecule has 4 rings (SSSR count). The summed E-state index contributed by atoms with van der Waals surface area (Å²) in [5.41, 5.74) is 1.87. The number of piperazine rings is 1. The Balaban J connectivity index is 1.66. The second kappa shape index (κ2) is 9.90. The number of ether oxygens (including phenoxy) is 1. The maximum Gasteiger partial charge on any atom is 0.338 e. The van der Waals surface area contributed by atoms with Gasteiger partial charge in [0.05, 0.1) is 28.6 Å². The Hall–Kier alpha value is -2.61. The van der Waals surface area contributed by atoms with Gasteiger partial charge in [0.2, 0.25) is 0 Å². The number of amides is 1. The molecule has 3 aromatic rings. The summed E-state index contributed by atoms with van der Waals surface area (Å²) >= 11 is 7.88. The summed E-state index contributed by atoms with van der Waals surface area (Å²) in [6, 6.07) is 13.0. The van der Waals surface area contributed by atoms with Crippen LogP contribution in [0.1, 0.15) is 33.9 Å². The summed E-state index contributed by atoms with van der Waals surface area (Å²) in [6.07, 6.45) is 0. The number of carbonyl (C=O) groups is 2. The van der Waals surface area contributed by atoms with Gasteiger partial charge in [-0.1, -0.05) is 36.7 Å². The largest absolute Gasteiger partial charge is 0.462 e. The van der Waals surface area contributed by atoms with Crippen molar-refractivity contribution in [2.75, 3.05) is 49.5 Å². The summed E-state index contributed by atoms with van der Waals surface area (Å²) in [5, 5.41) is 4.32. The van der Waals surface area contributed by atoms with Crippen LogP contribution in [0.2, 0.25) is 5.02 Å². The third-order valence-electron chi connectivity index (χ3n) is 5.66. The summed E-state index contributed by atoms with van der Waals surface area (Å²) in [6.45, 7) is 8.83. The van der Waals surface area contributed by atoms with E-state index in [4.69, 9.17) is 16.3 Å². The highest BCUT2D eigenvalue weighted by Gasteiger charge is 2.23. The van der Waals surface area contributed by atoms with E-state index in [0.29, 0.717) is 27.8 Å². The smallest absolute Gasteiger partial charge is 0.338 e. The Labute approximate surface area is 196 Å². The lowest BCUT2D eigenvalue weighted by Crippen LogP contribution is -2.46. The minimum absolute atomic E-state index is 0.286. The van der Waals surface area contributed by atoms with E-state index in [0.717, 1.165) is 48.5 Å². The van der Waals surface area contributed by atoms with Crippen molar-refractivity contribution < 1.29 is 14.3 Å². The van der Waals surface area contributed by atoms with Gasteiger partial charge in [-0.2, -0.15) is 0 Å². The van der Waals surface area contributed by atoms with Gasteiger partial charge in [0.15, 0.2) is 0 Å². The van der Waals surface area contributed by atoms with E-state index in [1.807, 2.05) is 30.3 Å². The lowest BCUT2D eigenvalue weighted by atomic mass is 10.1. The zero-order chi connectivity index (χ0) is 22.7. The molecule has 168 valence electrons. The highest BCUT2D eigenvalue weighted by Crippen LogP contribution is 2.36. The molecular weight excluding hydrogens is 446 g/mol. The van der Waals surface area contributed by atoms with E-state index in [2.05, 4.69) is 22.0 Å². The number of likely N-dealkylation sites (N-methyl/N-ethyl adjacent to an activating group) is 1. The lowest BCUT2D eigenvalue weighted by Gasteiger charge is -2.36. The van der Waals surface area contributed by atoms with Crippen LogP contribution in [0.25, 0.3) is 10.1 Å². The Morgan fingerprint density at radius 2 is 1.84 bits per heavy atom. The van der Waals surface area contributed by atoms with E-state index in [9.17, 15) is 9.59 Å². The molecule has 1 aliphatic rings. The van der Waals surface area contributed by atoms with Gasteiger partial charge in [-0.3, -0.25) is 4.79 Å². The van der Waals surface area contributed by atoms with Gasteiger partial charge < -0.3 is 19.9 Å². The molecule has 32 heavy (non-hydrogen) atoms. The molecule has 1 amide bonds. The number of halogens is 1. The van der Waals surface area contributed by atoms with Crippen LogP contribution >= 0.6 is 22.9 Å². The van der Waals surface area contributed by atoms with Crippen LogP contribution in [-0.2, 0) is 4.74 Å². The SMILES string of the molecule is CCOC(=O)c1ccc(N2CCN(CC)CC2)c(NC(=O)c2sc3ccccc3c2Cl)c1. The Morgan fingerprint density at radius 3 is 2.53 bits per heavy atom. The number of nitrogens with one attached hydrogen (secondary N) is 1. The zero-order valence-corrected chi connectivity index (χ0v) is 19.8. The number of carbonyl (C=O) groups excluding carboxylic acids is 2. The number of rotatable bonds is 6. The molecule has 0 aliphatic carbocycles. The molecule has 1 aromatic heterocycles. The van der Waals surface area contributed by atoms with Crippen LogP contribution in [0.5, 0.6) is 0 Å². The van der Waals surface area contributed by atoms with Gasteiger partial charge in [0.1, 0.15) is 4.88 Å². The normalized spacial score (nSPS) is 14.5. The Bertz CT molecular complexity index is 1140. The number of anilines is 2. The second-order valence-electron chi connectivity index (χ2n) is 7.57. The molecule has 0 atom stereocenters. The predicted octanol–water partition coefficient (Wildman–Crippen LogP) is 5.13. The Kier molecular flexibility index (Phi) is 6.98. The van der Waals surface area contributed by atoms with E-state index >= 15 is 0 Å². The predicted molar refractivity (Wildman–Crippen MR) is 132 cm³/mol. The van der Waals surface area contributed by atoms with E-state index in [-0.39, 0.29) is 5.91 Å². The van der Waals surface area contributed by atoms with Gasteiger partial charge in [-0.05, 0) is 37.7 Å². The zero-order valence-electron chi connectivity index (χ0n) is 18.2. The van der Waals surface area contributed by atoms with Crippen LogP contribution in [0.15, 0.2) is 42.5 Å². The highest BCUT2D eigenvalue weighted by atomic mass is 35.5. The molecule has 0 unspecified atom stereocenters. The molecule has 0 spiro atoms. The molecule has 1 saturated heterocycles. The molecule has 1 aliphatic heterocycles. The number of thiophene rings is 1. The van der Waals surface area contributed by atoms with E-state index in [1.54, 1.807) is 19.1 Å². The van der Waals surface area contributed by atoms with Crippen molar-refractivity contribution >= 4 is 56.3 Å². The van der Waals surface area contributed by atoms with Crippen molar-refractivity contribution in [1.29, 1.82) is 0 Å². The van der Waals surface area contributed by atoms with E-state index < -0.39 is 5.97 Å². The molecule has 1 N–H and O–H groups in total. The fraction of sp³-hybridized carbons (Fsp3) is 0.333. The summed E-state index contributed by atoms with van der Waals surface area (Å²) in [5.74, 6) is -0.698. The van der Waals surface area contributed by atoms with Crippen molar-refractivity contribution in [2.45, 2.75) is 13.8 Å². The fourth-order valence-corrected chi connectivity index (χ4v) is 5.31. The number of hydrogen-bond acceptors (Lipinski definition) is 6. The molecule has 1 fully saturated rings. The molecular formula is C24H26ClN3O3S. The van der Waals surface area contributed by atoms with Gasteiger partial charge in [-0.25, -0.2) is 4.79 Å². The first-order chi connectivity index (χ1) is 15.5.